The number of carbonyl (C=O) groups is 1. The van der Waals surface area contributed by atoms with E-state index >= 15 is 0 Å². The average Bonchev–Trinajstić information content (AvgIpc) is 2.32. The number of unbranched alkanes of at least 4 members (excludes halogenated alkanes) is 5. The summed E-state index contributed by atoms with van der Waals surface area (Å²) in [6.07, 6.45) is 11.2. The van der Waals surface area contributed by atoms with Gasteiger partial charge in [0.25, 0.3) is 0 Å². The highest BCUT2D eigenvalue weighted by Crippen LogP contribution is 2.03. The molecule has 0 atom stereocenters. The molecule has 0 saturated carbocycles. The van der Waals surface area contributed by atoms with Crippen molar-refractivity contribution in [3.05, 3.63) is 12.2 Å². The summed E-state index contributed by atoms with van der Waals surface area (Å²) in [6.45, 7) is 6.25. The van der Waals surface area contributed by atoms with Gasteiger partial charge in [-0.15, -0.1) is 0 Å². The maximum atomic E-state index is 10.9. The van der Waals surface area contributed by atoms with Crippen LogP contribution >= 0.6 is 0 Å². The molecule has 0 aromatic heterocycles. The molecular formula is C14H27NO2. The topological polar surface area (TPSA) is 38.3 Å². The van der Waals surface area contributed by atoms with E-state index in [2.05, 4.69) is 12.2 Å². The Morgan fingerprint density at radius 3 is 2.53 bits per heavy atom. The van der Waals surface area contributed by atoms with E-state index in [1.807, 2.05) is 13.0 Å². The Kier molecular flexibility index (Phi) is 12.6. The van der Waals surface area contributed by atoms with Gasteiger partial charge in [0.05, 0.1) is 6.61 Å². The molecule has 0 unspecified atom stereocenters. The fourth-order valence-corrected chi connectivity index (χ4v) is 1.56. The molecule has 0 saturated heterocycles. The molecule has 0 bridgehead atoms. The first-order valence-corrected chi connectivity index (χ1v) is 6.85. The molecule has 0 aromatic rings. The molecular weight excluding hydrogens is 214 g/mol. The molecule has 0 spiro atoms. The van der Waals surface area contributed by atoms with E-state index in [0.29, 0.717) is 6.61 Å². The first-order chi connectivity index (χ1) is 8.31. The molecule has 100 valence electrons. The zero-order valence-corrected chi connectivity index (χ0v) is 11.3. The van der Waals surface area contributed by atoms with E-state index in [4.69, 9.17) is 4.74 Å². The summed E-state index contributed by atoms with van der Waals surface area (Å²) in [6, 6.07) is 0. The summed E-state index contributed by atoms with van der Waals surface area (Å²) >= 11 is 0. The van der Waals surface area contributed by atoms with Crippen molar-refractivity contribution in [3.8, 4) is 0 Å². The Morgan fingerprint density at radius 2 is 1.82 bits per heavy atom. The van der Waals surface area contributed by atoms with Crippen LogP contribution in [0.5, 0.6) is 0 Å². The van der Waals surface area contributed by atoms with Gasteiger partial charge in [-0.05, 0) is 19.9 Å². The highest BCUT2D eigenvalue weighted by atomic mass is 16.5. The third-order valence-electron chi connectivity index (χ3n) is 2.51. The van der Waals surface area contributed by atoms with E-state index in [9.17, 15) is 4.79 Å². The van der Waals surface area contributed by atoms with Crippen LogP contribution < -0.4 is 5.32 Å². The molecule has 0 rings (SSSR count). The maximum absolute atomic E-state index is 10.9. The number of hydrogen-bond donors (Lipinski definition) is 1. The van der Waals surface area contributed by atoms with Crippen LogP contribution in [-0.4, -0.2) is 25.7 Å². The van der Waals surface area contributed by atoms with Crippen molar-refractivity contribution in [2.24, 2.45) is 0 Å². The molecule has 3 heteroatoms. The summed E-state index contributed by atoms with van der Waals surface area (Å²) in [5.41, 5.74) is 0. The lowest BCUT2D eigenvalue weighted by molar-refractivity contribution is -0.137. The molecule has 0 aromatic carbocycles. The van der Waals surface area contributed by atoms with Gasteiger partial charge in [0.2, 0.25) is 0 Å². The van der Waals surface area contributed by atoms with Crippen LogP contribution in [0, 0.1) is 0 Å². The lowest BCUT2D eigenvalue weighted by atomic mass is 10.1. The number of ether oxygens (including phenoxy) is 1. The fourth-order valence-electron chi connectivity index (χ4n) is 1.56. The largest absolute Gasteiger partial charge is 0.463 e. The average molecular weight is 241 g/mol. The quantitative estimate of drug-likeness (QED) is 0.343. The van der Waals surface area contributed by atoms with Crippen molar-refractivity contribution in [2.75, 3.05) is 19.7 Å². The van der Waals surface area contributed by atoms with E-state index in [1.54, 1.807) is 0 Å². The summed E-state index contributed by atoms with van der Waals surface area (Å²) in [5.74, 6) is -0.256. The first kappa shape index (κ1) is 16.2. The van der Waals surface area contributed by atoms with Crippen molar-refractivity contribution in [1.82, 2.24) is 5.32 Å². The summed E-state index contributed by atoms with van der Waals surface area (Å²) in [5, 5.41) is 3.28. The monoisotopic (exact) mass is 241 g/mol. The molecule has 0 fully saturated rings. The normalized spacial score (nSPS) is 10.9. The Bertz CT molecular complexity index is 202. The number of esters is 1. The molecule has 3 nitrogen and oxygen atoms in total. The van der Waals surface area contributed by atoms with Crippen molar-refractivity contribution in [1.29, 1.82) is 0 Å². The molecule has 1 N–H and O–H groups in total. The van der Waals surface area contributed by atoms with Crippen LogP contribution in [0.4, 0.5) is 0 Å². The predicted octanol–water partition coefficient (Wildman–Crippen LogP) is 3.06. The highest BCUT2D eigenvalue weighted by Gasteiger charge is 1.92. The van der Waals surface area contributed by atoms with Crippen LogP contribution in [0.2, 0.25) is 0 Å². The molecule has 0 aliphatic rings. The Morgan fingerprint density at radius 1 is 1.12 bits per heavy atom. The SMILES string of the molecule is CCCCCCCCNC/C=C/C(=O)OCC. The minimum absolute atomic E-state index is 0.256. The van der Waals surface area contributed by atoms with E-state index in [-0.39, 0.29) is 5.97 Å². The number of carbonyl (C=O) groups excluding carboxylic acids is 1. The number of hydrogen-bond acceptors (Lipinski definition) is 3. The molecule has 0 aliphatic carbocycles. The lowest BCUT2D eigenvalue weighted by Crippen LogP contribution is -2.15. The Hall–Kier alpha value is -0.830. The van der Waals surface area contributed by atoms with Gasteiger partial charge >= 0.3 is 5.97 Å². The minimum atomic E-state index is -0.256. The van der Waals surface area contributed by atoms with E-state index in [1.165, 1.54) is 44.6 Å². The van der Waals surface area contributed by atoms with Crippen molar-refractivity contribution >= 4 is 5.97 Å². The third-order valence-corrected chi connectivity index (χ3v) is 2.51. The lowest BCUT2D eigenvalue weighted by Gasteiger charge is -2.01. The summed E-state index contributed by atoms with van der Waals surface area (Å²) < 4.78 is 4.77. The van der Waals surface area contributed by atoms with Gasteiger partial charge in [-0.3, -0.25) is 0 Å². The molecule has 0 radical (unpaired) electrons. The molecule has 0 aliphatic heterocycles. The van der Waals surface area contributed by atoms with Gasteiger partial charge in [0.15, 0.2) is 0 Å². The molecule has 17 heavy (non-hydrogen) atoms. The van der Waals surface area contributed by atoms with Gasteiger partial charge < -0.3 is 10.1 Å². The Balaban J connectivity index is 3.15. The minimum Gasteiger partial charge on any atom is -0.463 e. The van der Waals surface area contributed by atoms with Crippen LogP contribution in [0.15, 0.2) is 12.2 Å². The van der Waals surface area contributed by atoms with Crippen molar-refractivity contribution < 1.29 is 9.53 Å². The van der Waals surface area contributed by atoms with E-state index in [0.717, 1.165) is 13.1 Å². The van der Waals surface area contributed by atoms with Gasteiger partial charge in [0, 0.05) is 12.6 Å². The third kappa shape index (κ3) is 13.1. The van der Waals surface area contributed by atoms with Crippen molar-refractivity contribution in [3.63, 3.8) is 0 Å². The van der Waals surface area contributed by atoms with Crippen LogP contribution in [0.1, 0.15) is 52.4 Å². The van der Waals surface area contributed by atoms with Crippen LogP contribution in [0.25, 0.3) is 0 Å². The van der Waals surface area contributed by atoms with Crippen LogP contribution in [0.3, 0.4) is 0 Å². The standard InChI is InChI=1S/C14H27NO2/c1-3-5-6-7-8-9-12-15-13-10-11-14(16)17-4-2/h10-11,15H,3-9,12-13H2,1-2H3/b11-10+. The highest BCUT2D eigenvalue weighted by molar-refractivity contribution is 5.81. The van der Waals surface area contributed by atoms with Gasteiger partial charge in [0.1, 0.15) is 0 Å². The van der Waals surface area contributed by atoms with Gasteiger partial charge in [-0.2, -0.15) is 0 Å². The van der Waals surface area contributed by atoms with E-state index < -0.39 is 0 Å². The zero-order valence-electron chi connectivity index (χ0n) is 11.3. The fraction of sp³-hybridized carbons (Fsp3) is 0.786. The molecule has 0 heterocycles. The summed E-state index contributed by atoms with van der Waals surface area (Å²) in [7, 11) is 0. The second kappa shape index (κ2) is 13.2. The number of rotatable bonds is 11. The second-order valence-electron chi connectivity index (χ2n) is 4.13. The van der Waals surface area contributed by atoms with Crippen molar-refractivity contribution in [2.45, 2.75) is 52.4 Å². The smallest absolute Gasteiger partial charge is 0.330 e. The number of nitrogens with one attached hydrogen (secondary N) is 1. The van der Waals surface area contributed by atoms with Gasteiger partial charge in [-0.25, -0.2) is 4.79 Å². The maximum Gasteiger partial charge on any atom is 0.330 e. The van der Waals surface area contributed by atoms with Gasteiger partial charge in [-0.1, -0.05) is 45.1 Å². The summed E-state index contributed by atoms with van der Waals surface area (Å²) in [4.78, 5) is 10.9. The zero-order chi connectivity index (χ0) is 12.8. The van der Waals surface area contributed by atoms with Crippen LogP contribution in [-0.2, 0) is 9.53 Å². The predicted molar refractivity (Wildman–Crippen MR) is 72.0 cm³/mol. The first-order valence-electron chi connectivity index (χ1n) is 6.85. The Labute approximate surface area is 106 Å². The second-order valence-corrected chi connectivity index (χ2v) is 4.13. The molecule has 0 amide bonds.